The molecule has 0 aliphatic heterocycles. The molecular weight excluding hydrogens is 204 g/mol. The Balaban J connectivity index is 2.15. The first-order chi connectivity index (χ1) is 7.66. The van der Waals surface area contributed by atoms with Gasteiger partial charge in [-0.1, -0.05) is 6.07 Å². The number of aromatic amines is 1. The number of aliphatic carboxylic acids is 1. The van der Waals surface area contributed by atoms with Gasteiger partial charge in [0.1, 0.15) is 0 Å². The van der Waals surface area contributed by atoms with Crippen molar-refractivity contribution in [2.24, 2.45) is 0 Å². The van der Waals surface area contributed by atoms with Crippen LogP contribution in [0.4, 0.5) is 5.69 Å². The highest BCUT2D eigenvalue weighted by Crippen LogP contribution is 2.21. The number of nitrogens with two attached hydrogens (primary N) is 1. The SMILES string of the molecule is Nc1ccc2c(CCCC(=O)O)c[nH]c2c1. The van der Waals surface area contributed by atoms with Crippen molar-refractivity contribution in [3.63, 3.8) is 0 Å². The molecule has 4 heteroatoms. The second-order valence-electron chi connectivity index (χ2n) is 3.87. The van der Waals surface area contributed by atoms with Crippen LogP contribution in [0.3, 0.4) is 0 Å². The maximum absolute atomic E-state index is 10.4. The number of hydrogen-bond acceptors (Lipinski definition) is 2. The van der Waals surface area contributed by atoms with Crippen molar-refractivity contribution < 1.29 is 9.90 Å². The highest BCUT2D eigenvalue weighted by Gasteiger charge is 2.04. The summed E-state index contributed by atoms with van der Waals surface area (Å²) in [6.07, 6.45) is 3.57. The van der Waals surface area contributed by atoms with Gasteiger partial charge in [-0.2, -0.15) is 0 Å². The largest absolute Gasteiger partial charge is 0.481 e. The van der Waals surface area contributed by atoms with Crippen molar-refractivity contribution in [1.29, 1.82) is 0 Å². The van der Waals surface area contributed by atoms with E-state index in [4.69, 9.17) is 10.8 Å². The molecule has 2 aromatic rings. The molecule has 84 valence electrons. The summed E-state index contributed by atoms with van der Waals surface area (Å²) < 4.78 is 0. The third-order valence-electron chi connectivity index (χ3n) is 2.63. The molecule has 4 nitrogen and oxygen atoms in total. The van der Waals surface area contributed by atoms with E-state index < -0.39 is 5.97 Å². The van der Waals surface area contributed by atoms with Gasteiger partial charge in [-0.15, -0.1) is 0 Å². The Morgan fingerprint density at radius 2 is 2.25 bits per heavy atom. The van der Waals surface area contributed by atoms with Crippen molar-refractivity contribution in [2.45, 2.75) is 19.3 Å². The average molecular weight is 218 g/mol. The lowest BCUT2D eigenvalue weighted by molar-refractivity contribution is -0.137. The summed E-state index contributed by atoms with van der Waals surface area (Å²) in [5.74, 6) is -0.746. The van der Waals surface area contributed by atoms with Gasteiger partial charge in [-0.05, 0) is 30.5 Å². The van der Waals surface area contributed by atoms with Crippen LogP contribution in [-0.2, 0) is 11.2 Å². The van der Waals surface area contributed by atoms with E-state index in [1.54, 1.807) is 0 Å². The number of hydrogen-bond donors (Lipinski definition) is 3. The molecule has 1 heterocycles. The van der Waals surface area contributed by atoms with Crippen LogP contribution >= 0.6 is 0 Å². The van der Waals surface area contributed by atoms with E-state index in [-0.39, 0.29) is 6.42 Å². The van der Waals surface area contributed by atoms with Crippen LogP contribution in [0.25, 0.3) is 10.9 Å². The molecule has 0 saturated carbocycles. The Labute approximate surface area is 93.1 Å². The number of nitrogen functional groups attached to an aromatic ring is 1. The normalized spacial score (nSPS) is 10.8. The first-order valence-corrected chi connectivity index (χ1v) is 5.24. The van der Waals surface area contributed by atoms with Crippen LogP contribution in [0, 0.1) is 0 Å². The molecule has 0 aliphatic rings. The van der Waals surface area contributed by atoms with E-state index in [1.807, 2.05) is 24.4 Å². The number of carbonyl (C=O) groups is 1. The minimum atomic E-state index is -0.746. The first-order valence-electron chi connectivity index (χ1n) is 5.24. The van der Waals surface area contributed by atoms with Crippen molar-refractivity contribution in [3.8, 4) is 0 Å². The summed E-state index contributed by atoms with van der Waals surface area (Å²) in [6.45, 7) is 0. The van der Waals surface area contributed by atoms with Crippen LogP contribution in [-0.4, -0.2) is 16.1 Å². The lowest BCUT2D eigenvalue weighted by Crippen LogP contribution is -1.95. The van der Waals surface area contributed by atoms with Crippen LogP contribution in [0.2, 0.25) is 0 Å². The lowest BCUT2D eigenvalue weighted by Gasteiger charge is -1.98. The number of H-pyrrole nitrogens is 1. The van der Waals surface area contributed by atoms with Gasteiger partial charge in [0, 0.05) is 29.2 Å². The molecule has 0 radical (unpaired) electrons. The molecule has 1 aromatic carbocycles. The fourth-order valence-electron chi connectivity index (χ4n) is 1.84. The van der Waals surface area contributed by atoms with Gasteiger partial charge in [0.05, 0.1) is 0 Å². The van der Waals surface area contributed by atoms with Gasteiger partial charge in [0.25, 0.3) is 0 Å². The highest BCUT2D eigenvalue weighted by molar-refractivity contribution is 5.85. The molecule has 1 aromatic heterocycles. The number of fused-ring (bicyclic) bond motifs is 1. The molecule has 0 atom stereocenters. The Morgan fingerprint density at radius 3 is 3.00 bits per heavy atom. The van der Waals surface area contributed by atoms with Crippen LogP contribution < -0.4 is 5.73 Å². The maximum Gasteiger partial charge on any atom is 0.303 e. The van der Waals surface area contributed by atoms with E-state index in [1.165, 1.54) is 0 Å². The van der Waals surface area contributed by atoms with Crippen molar-refractivity contribution in [3.05, 3.63) is 30.0 Å². The van der Waals surface area contributed by atoms with Crippen molar-refractivity contribution >= 4 is 22.6 Å². The number of nitrogens with one attached hydrogen (secondary N) is 1. The molecule has 0 bridgehead atoms. The predicted molar refractivity (Wildman–Crippen MR) is 63.3 cm³/mol. The number of carboxylic acids is 1. The molecule has 2 rings (SSSR count). The summed E-state index contributed by atoms with van der Waals surface area (Å²) >= 11 is 0. The standard InChI is InChI=1S/C12H14N2O2/c13-9-4-5-10-8(2-1-3-12(15)16)7-14-11(10)6-9/h4-7,14H,1-3,13H2,(H,15,16). The highest BCUT2D eigenvalue weighted by atomic mass is 16.4. The smallest absolute Gasteiger partial charge is 0.303 e. The Morgan fingerprint density at radius 1 is 1.44 bits per heavy atom. The zero-order chi connectivity index (χ0) is 11.5. The summed E-state index contributed by atoms with van der Waals surface area (Å²) in [6, 6.07) is 5.71. The molecule has 0 unspecified atom stereocenters. The summed E-state index contributed by atoms with van der Waals surface area (Å²) in [5.41, 5.74) is 8.56. The van der Waals surface area contributed by atoms with E-state index in [0.29, 0.717) is 6.42 Å². The van der Waals surface area contributed by atoms with Crippen molar-refractivity contribution in [2.75, 3.05) is 5.73 Å². The van der Waals surface area contributed by atoms with E-state index >= 15 is 0 Å². The number of carboxylic acid groups (broad SMARTS) is 1. The number of aromatic nitrogens is 1. The minimum absolute atomic E-state index is 0.210. The molecule has 16 heavy (non-hydrogen) atoms. The zero-order valence-electron chi connectivity index (χ0n) is 8.86. The molecule has 0 amide bonds. The van der Waals surface area contributed by atoms with E-state index in [2.05, 4.69) is 4.98 Å². The zero-order valence-corrected chi connectivity index (χ0v) is 8.86. The predicted octanol–water partition coefficient (Wildman–Crippen LogP) is 2.16. The Kier molecular flexibility index (Phi) is 2.81. The Bertz CT molecular complexity index is 517. The van der Waals surface area contributed by atoms with Crippen LogP contribution in [0.1, 0.15) is 18.4 Å². The molecule has 0 aliphatic carbocycles. The second kappa shape index (κ2) is 4.26. The van der Waals surface area contributed by atoms with Crippen LogP contribution in [0.5, 0.6) is 0 Å². The third kappa shape index (κ3) is 2.16. The van der Waals surface area contributed by atoms with Crippen LogP contribution in [0.15, 0.2) is 24.4 Å². The quantitative estimate of drug-likeness (QED) is 0.688. The summed E-state index contributed by atoms with van der Waals surface area (Å²) in [5, 5.41) is 9.69. The third-order valence-corrected chi connectivity index (χ3v) is 2.63. The van der Waals surface area contributed by atoms with Gasteiger partial charge in [0.15, 0.2) is 0 Å². The number of anilines is 1. The lowest BCUT2D eigenvalue weighted by atomic mass is 10.1. The summed E-state index contributed by atoms with van der Waals surface area (Å²) in [4.78, 5) is 13.6. The fraction of sp³-hybridized carbons (Fsp3) is 0.250. The number of aryl methyl sites for hydroxylation is 1. The monoisotopic (exact) mass is 218 g/mol. The second-order valence-corrected chi connectivity index (χ2v) is 3.87. The first kappa shape index (κ1) is 10.5. The van der Waals surface area contributed by atoms with Crippen molar-refractivity contribution in [1.82, 2.24) is 4.98 Å². The van der Waals surface area contributed by atoms with Gasteiger partial charge in [-0.3, -0.25) is 4.79 Å². The summed E-state index contributed by atoms with van der Waals surface area (Å²) in [7, 11) is 0. The molecule has 0 spiro atoms. The molecule has 0 saturated heterocycles. The fourth-order valence-corrected chi connectivity index (χ4v) is 1.84. The van der Waals surface area contributed by atoms with E-state index in [9.17, 15) is 4.79 Å². The molecule has 0 fully saturated rings. The van der Waals surface area contributed by atoms with Gasteiger partial charge >= 0.3 is 5.97 Å². The van der Waals surface area contributed by atoms with Gasteiger partial charge in [0.2, 0.25) is 0 Å². The van der Waals surface area contributed by atoms with E-state index in [0.717, 1.165) is 28.6 Å². The molecular formula is C12H14N2O2. The molecule has 4 N–H and O–H groups in total. The average Bonchev–Trinajstić information content (AvgIpc) is 2.60. The minimum Gasteiger partial charge on any atom is -0.481 e. The van der Waals surface area contributed by atoms with Gasteiger partial charge < -0.3 is 15.8 Å². The maximum atomic E-state index is 10.4. The van der Waals surface area contributed by atoms with Gasteiger partial charge in [-0.25, -0.2) is 0 Å². The number of benzene rings is 1. The number of rotatable bonds is 4. The topological polar surface area (TPSA) is 79.1 Å². The Hall–Kier alpha value is -1.97.